The van der Waals surface area contributed by atoms with Gasteiger partial charge in [-0.3, -0.25) is 0 Å². The summed E-state index contributed by atoms with van der Waals surface area (Å²) in [5.41, 5.74) is 1.22. The van der Waals surface area contributed by atoms with Crippen LogP contribution in [0.2, 0.25) is 0 Å². The Hall–Kier alpha value is -0.100. The van der Waals surface area contributed by atoms with Crippen LogP contribution in [0, 0.1) is 0 Å². The first kappa shape index (κ1) is 18.0. The number of hydrogen-bond donors (Lipinski definition) is 1. The predicted octanol–water partition coefficient (Wildman–Crippen LogP) is 4.52. The molecule has 20 heavy (non-hydrogen) atoms. The highest BCUT2D eigenvalue weighted by atomic mass is 79.9. The highest BCUT2D eigenvalue weighted by molar-refractivity contribution is 9.11. The molecule has 0 fully saturated rings. The number of benzene rings is 1. The quantitative estimate of drug-likeness (QED) is 0.609. The van der Waals surface area contributed by atoms with Crippen LogP contribution < -0.4 is 10.1 Å². The molecule has 1 aromatic carbocycles. The number of halogens is 2. The first-order valence-electron chi connectivity index (χ1n) is 6.96. The van der Waals surface area contributed by atoms with Crippen molar-refractivity contribution in [2.75, 3.05) is 19.8 Å². The minimum atomic E-state index is 0.474. The minimum absolute atomic E-state index is 0.474. The molecular weight excluding hydrogens is 386 g/mol. The van der Waals surface area contributed by atoms with Crippen molar-refractivity contribution in [1.29, 1.82) is 0 Å². The molecule has 0 unspecified atom stereocenters. The molecule has 0 amide bonds. The molecule has 3 nitrogen and oxygen atoms in total. The molecule has 0 bridgehead atoms. The Kier molecular flexibility index (Phi) is 8.77. The molecule has 1 N–H and O–H groups in total. The summed E-state index contributed by atoms with van der Waals surface area (Å²) in [6.07, 6.45) is 0.892. The summed E-state index contributed by atoms with van der Waals surface area (Å²) in [6, 6.07) is 4.66. The van der Waals surface area contributed by atoms with Crippen LogP contribution in [-0.4, -0.2) is 25.9 Å². The lowest BCUT2D eigenvalue weighted by Gasteiger charge is -2.13. The van der Waals surface area contributed by atoms with E-state index in [-0.39, 0.29) is 0 Å². The van der Waals surface area contributed by atoms with E-state index in [0.29, 0.717) is 12.6 Å². The molecule has 1 rings (SSSR count). The molecule has 0 saturated carbocycles. The molecule has 0 aliphatic carbocycles. The van der Waals surface area contributed by atoms with E-state index in [2.05, 4.69) is 63.2 Å². The third-order valence-corrected chi connectivity index (χ3v) is 3.83. The van der Waals surface area contributed by atoms with Crippen molar-refractivity contribution >= 4 is 31.9 Å². The molecular formula is C15H23Br2NO2. The fraction of sp³-hybridized carbons (Fsp3) is 0.600. The molecule has 1 aromatic rings. The summed E-state index contributed by atoms with van der Waals surface area (Å²) in [4.78, 5) is 0. The zero-order valence-corrected chi connectivity index (χ0v) is 15.5. The SMILES string of the molecule is CCOCCCOc1c(Br)cc(CNC(C)C)cc1Br. The van der Waals surface area contributed by atoms with E-state index in [1.807, 2.05) is 6.92 Å². The summed E-state index contributed by atoms with van der Waals surface area (Å²) in [7, 11) is 0. The van der Waals surface area contributed by atoms with Gasteiger partial charge in [0.15, 0.2) is 0 Å². The van der Waals surface area contributed by atoms with Crippen molar-refractivity contribution in [2.24, 2.45) is 0 Å². The van der Waals surface area contributed by atoms with Gasteiger partial charge in [-0.15, -0.1) is 0 Å². The second kappa shape index (κ2) is 9.77. The number of ether oxygens (including phenoxy) is 2. The lowest BCUT2D eigenvalue weighted by atomic mass is 10.2. The monoisotopic (exact) mass is 407 g/mol. The van der Waals surface area contributed by atoms with E-state index in [9.17, 15) is 0 Å². The second-order valence-corrected chi connectivity index (χ2v) is 6.53. The Morgan fingerprint density at radius 2 is 1.80 bits per heavy atom. The Labute approximate surface area is 138 Å². The van der Waals surface area contributed by atoms with Gasteiger partial charge in [0.25, 0.3) is 0 Å². The molecule has 0 saturated heterocycles. The van der Waals surface area contributed by atoms with Crippen LogP contribution in [0.1, 0.15) is 32.8 Å². The maximum Gasteiger partial charge on any atom is 0.147 e. The lowest BCUT2D eigenvalue weighted by Crippen LogP contribution is -2.21. The van der Waals surface area contributed by atoms with Gasteiger partial charge >= 0.3 is 0 Å². The summed E-state index contributed by atoms with van der Waals surface area (Å²) < 4.78 is 13.0. The summed E-state index contributed by atoms with van der Waals surface area (Å²) in [6.45, 7) is 9.27. The van der Waals surface area contributed by atoms with Gasteiger partial charge in [-0.1, -0.05) is 13.8 Å². The highest BCUT2D eigenvalue weighted by Crippen LogP contribution is 2.34. The van der Waals surface area contributed by atoms with Crippen LogP contribution in [-0.2, 0) is 11.3 Å². The fourth-order valence-electron chi connectivity index (χ4n) is 1.65. The van der Waals surface area contributed by atoms with Gasteiger partial charge in [0.05, 0.1) is 15.6 Å². The van der Waals surface area contributed by atoms with E-state index in [4.69, 9.17) is 9.47 Å². The second-order valence-electron chi connectivity index (χ2n) is 4.82. The molecule has 0 aromatic heterocycles. The molecule has 0 radical (unpaired) electrons. The van der Waals surface area contributed by atoms with Crippen LogP contribution >= 0.6 is 31.9 Å². The van der Waals surface area contributed by atoms with E-state index in [1.165, 1.54) is 5.56 Å². The fourth-order valence-corrected chi connectivity index (χ4v) is 3.16. The van der Waals surface area contributed by atoms with Crippen LogP contribution in [0.15, 0.2) is 21.1 Å². The average molecular weight is 409 g/mol. The van der Waals surface area contributed by atoms with Gasteiger partial charge in [-0.05, 0) is 56.5 Å². The van der Waals surface area contributed by atoms with Crippen LogP contribution in [0.5, 0.6) is 5.75 Å². The zero-order valence-electron chi connectivity index (χ0n) is 12.3. The van der Waals surface area contributed by atoms with Gasteiger partial charge in [0, 0.05) is 32.2 Å². The zero-order chi connectivity index (χ0) is 15.0. The highest BCUT2D eigenvalue weighted by Gasteiger charge is 2.09. The Balaban J connectivity index is 2.55. The standard InChI is InChI=1S/C15H23Br2NO2/c1-4-19-6-5-7-20-15-13(16)8-12(9-14(15)17)10-18-11(2)3/h8-9,11,18H,4-7,10H2,1-3H3. The predicted molar refractivity (Wildman–Crippen MR) is 90.4 cm³/mol. The Morgan fingerprint density at radius 3 is 2.35 bits per heavy atom. The molecule has 0 heterocycles. The van der Waals surface area contributed by atoms with Gasteiger partial charge in [0.2, 0.25) is 0 Å². The van der Waals surface area contributed by atoms with Gasteiger partial charge in [0.1, 0.15) is 5.75 Å². The van der Waals surface area contributed by atoms with Crippen molar-refractivity contribution in [1.82, 2.24) is 5.32 Å². The van der Waals surface area contributed by atoms with Gasteiger partial charge < -0.3 is 14.8 Å². The van der Waals surface area contributed by atoms with Crippen molar-refractivity contribution in [3.05, 3.63) is 26.6 Å². The first-order valence-corrected chi connectivity index (χ1v) is 8.55. The van der Waals surface area contributed by atoms with Crippen molar-refractivity contribution < 1.29 is 9.47 Å². The maximum atomic E-state index is 5.80. The van der Waals surface area contributed by atoms with E-state index in [1.54, 1.807) is 0 Å². The summed E-state index contributed by atoms with van der Waals surface area (Å²) in [5, 5.41) is 3.40. The third-order valence-electron chi connectivity index (χ3n) is 2.66. The molecule has 5 heteroatoms. The van der Waals surface area contributed by atoms with E-state index < -0.39 is 0 Å². The maximum absolute atomic E-state index is 5.80. The number of rotatable bonds is 9. The normalized spacial score (nSPS) is 11.1. The Bertz CT molecular complexity index is 388. The molecule has 0 atom stereocenters. The van der Waals surface area contributed by atoms with Crippen molar-refractivity contribution in [3.8, 4) is 5.75 Å². The van der Waals surface area contributed by atoms with Gasteiger partial charge in [-0.2, -0.15) is 0 Å². The van der Waals surface area contributed by atoms with E-state index in [0.717, 1.165) is 40.9 Å². The number of hydrogen-bond acceptors (Lipinski definition) is 3. The summed E-state index contributed by atoms with van der Waals surface area (Å²) in [5.74, 6) is 0.856. The summed E-state index contributed by atoms with van der Waals surface area (Å²) >= 11 is 7.15. The topological polar surface area (TPSA) is 30.5 Å². The van der Waals surface area contributed by atoms with E-state index >= 15 is 0 Å². The third kappa shape index (κ3) is 6.57. The first-order chi connectivity index (χ1) is 9.54. The van der Waals surface area contributed by atoms with Gasteiger partial charge in [-0.25, -0.2) is 0 Å². The lowest BCUT2D eigenvalue weighted by molar-refractivity contribution is 0.130. The molecule has 114 valence electrons. The molecule has 0 aliphatic rings. The van der Waals surface area contributed by atoms with Crippen LogP contribution in [0.25, 0.3) is 0 Å². The molecule has 0 spiro atoms. The number of nitrogens with one attached hydrogen (secondary N) is 1. The average Bonchev–Trinajstić information content (AvgIpc) is 2.38. The van der Waals surface area contributed by atoms with Crippen molar-refractivity contribution in [2.45, 2.75) is 39.8 Å². The Morgan fingerprint density at radius 1 is 1.15 bits per heavy atom. The van der Waals surface area contributed by atoms with Crippen LogP contribution in [0.4, 0.5) is 0 Å². The largest absolute Gasteiger partial charge is 0.491 e. The van der Waals surface area contributed by atoms with Crippen molar-refractivity contribution in [3.63, 3.8) is 0 Å². The minimum Gasteiger partial charge on any atom is -0.491 e. The smallest absolute Gasteiger partial charge is 0.147 e. The molecule has 0 aliphatic heterocycles. The van der Waals surface area contributed by atoms with Crippen LogP contribution in [0.3, 0.4) is 0 Å².